The fourth-order valence-corrected chi connectivity index (χ4v) is 5.31. The van der Waals surface area contributed by atoms with Crippen LogP contribution >= 0.6 is 15.9 Å². The number of hydrogen-bond donors (Lipinski definition) is 0. The molecule has 32 heavy (non-hydrogen) atoms. The summed E-state index contributed by atoms with van der Waals surface area (Å²) in [4.78, 5) is 30.9. The summed E-state index contributed by atoms with van der Waals surface area (Å²) in [5, 5.41) is 0. The zero-order valence-corrected chi connectivity index (χ0v) is 19.0. The number of aromatic nitrogens is 1. The van der Waals surface area contributed by atoms with Crippen LogP contribution in [0.15, 0.2) is 82.4 Å². The molecule has 4 rings (SSSR count). The molecule has 2 aromatic carbocycles. The summed E-state index contributed by atoms with van der Waals surface area (Å²) in [6.45, 7) is -0.146. The molecule has 1 unspecified atom stereocenters. The zero-order valence-electron chi connectivity index (χ0n) is 16.6. The zero-order chi connectivity index (χ0) is 22.9. The Kier molecular flexibility index (Phi) is 6.18. The molecule has 7 nitrogen and oxygen atoms in total. The number of hydrogen-bond acceptors (Lipinski definition) is 5. The lowest BCUT2D eigenvalue weighted by atomic mass is 10.2. The van der Waals surface area contributed by atoms with E-state index in [2.05, 4.69) is 20.9 Å². The van der Waals surface area contributed by atoms with Crippen LogP contribution in [-0.2, 0) is 26.2 Å². The molecule has 1 atom stereocenters. The SMILES string of the molecule is O=C1CC(N(Cc2cccnc2)S(=O)(=O)c2ccc(Br)cc2)C(=O)N1c1ccc(F)cc1. The molecule has 0 bridgehead atoms. The van der Waals surface area contributed by atoms with Crippen LogP contribution in [0.25, 0.3) is 0 Å². The Morgan fingerprint density at radius 2 is 1.75 bits per heavy atom. The van der Waals surface area contributed by atoms with Crippen molar-refractivity contribution < 1.29 is 22.4 Å². The Hall–Kier alpha value is -2.95. The summed E-state index contributed by atoms with van der Waals surface area (Å²) >= 11 is 3.28. The van der Waals surface area contributed by atoms with E-state index < -0.39 is 33.7 Å². The molecule has 0 N–H and O–H groups in total. The van der Waals surface area contributed by atoms with Gasteiger partial charge in [0.2, 0.25) is 15.9 Å². The first-order valence-corrected chi connectivity index (χ1v) is 11.8. The highest BCUT2D eigenvalue weighted by Gasteiger charge is 2.47. The molecule has 2 amide bonds. The molecule has 0 radical (unpaired) electrons. The van der Waals surface area contributed by atoms with Gasteiger partial charge in [0, 0.05) is 23.4 Å². The molecule has 0 spiro atoms. The summed E-state index contributed by atoms with van der Waals surface area (Å²) in [6, 6.07) is 13.0. The second-order valence-corrected chi connectivity index (χ2v) is 9.94. The number of benzene rings is 2. The molecule has 0 aliphatic carbocycles. The number of sulfonamides is 1. The highest BCUT2D eigenvalue weighted by atomic mass is 79.9. The molecular formula is C22H17BrFN3O4S. The van der Waals surface area contributed by atoms with Gasteiger partial charge in [0.15, 0.2) is 0 Å². The third-order valence-electron chi connectivity index (χ3n) is 5.04. The van der Waals surface area contributed by atoms with E-state index in [9.17, 15) is 22.4 Å². The molecule has 3 aromatic rings. The van der Waals surface area contributed by atoms with Crippen molar-refractivity contribution in [3.8, 4) is 0 Å². The quantitative estimate of drug-likeness (QED) is 0.467. The van der Waals surface area contributed by atoms with Gasteiger partial charge in [-0.05, 0) is 60.2 Å². The van der Waals surface area contributed by atoms with Crippen molar-refractivity contribution >= 4 is 43.5 Å². The molecule has 0 saturated carbocycles. The molecule has 1 saturated heterocycles. The first kappa shape index (κ1) is 22.3. The second kappa shape index (κ2) is 8.89. The molecule has 1 fully saturated rings. The Balaban J connectivity index is 1.74. The van der Waals surface area contributed by atoms with Gasteiger partial charge >= 0.3 is 0 Å². The van der Waals surface area contributed by atoms with E-state index in [1.807, 2.05) is 0 Å². The van der Waals surface area contributed by atoms with Crippen LogP contribution < -0.4 is 4.90 Å². The van der Waals surface area contributed by atoms with Gasteiger partial charge in [0.05, 0.1) is 17.0 Å². The molecule has 1 aromatic heterocycles. The number of anilines is 1. The summed E-state index contributed by atoms with van der Waals surface area (Å²) in [5.74, 6) is -1.76. The minimum absolute atomic E-state index is 0.00919. The van der Waals surface area contributed by atoms with Gasteiger partial charge in [-0.1, -0.05) is 22.0 Å². The van der Waals surface area contributed by atoms with Gasteiger partial charge in [0.1, 0.15) is 11.9 Å². The van der Waals surface area contributed by atoms with Crippen LogP contribution in [0.3, 0.4) is 0 Å². The van der Waals surface area contributed by atoms with Gasteiger partial charge in [-0.2, -0.15) is 4.31 Å². The minimum atomic E-state index is -4.14. The first-order valence-electron chi connectivity index (χ1n) is 9.56. The Morgan fingerprint density at radius 3 is 2.38 bits per heavy atom. The van der Waals surface area contributed by atoms with Gasteiger partial charge in [0.25, 0.3) is 5.91 Å². The van der Waals surface area contributed by atoms with E-state index >= 15 is 0 Å². The predicted octanol–water partition coefficient (Wildman–Crippen LogP) is 3.51. The van der Waals surface area contributed by atoms with Gasteiger partial charge in [-0.15, -0.1) is 0 Å². The third kappa shape index (κ3) is 4.34. The maximum absolute atomic E-state index is 13.5. The standard InChI is InChI=1S/C22H17BrFN3O4S/c23-16-3-9-19(10-4-16)32(30,31)26(14-15-2-1-11-25-13-15)20-12-21(28)27(22(20)29)18-7-5-17(24)6-8-18/h1-11,13,20H,12,14H2. The van der Waals surface area contributed by atoms with E-state index in [0.717, 1.165) is 21.3 Å². The van der Waals surface area contributed by atoms with E-state index in [1.54, 1.807) is 30.5 Å². The highest BCUT2D eigenvalue weighted by molar-refractivity contribution is 9.10. The lowest BCUT2D eigenvalue weighted by Gasteiger charge is -2.27. The molecule has 164 valence electrons. The Morgan fingerprint density at radius 1 is 1.06 bits per heavy atom. The van der Waals surface area contributed by atoms with Crippen LogP contribution in [0, 0.1) is 5.82 Å². The van der Waals surface area contributed by atoms with E-state index in [-0.39, 0.29) is 23.5 Å². The number of carbonyl (C=O) groups excluding carboxylic acids is 2. The maximum Gasteiger partial charge on any atom is 0.252 e. The molecule has 1 aliphatic heterocycles. The van der Waals surface area contributed by atoms with Crippen molar-refractivity contribution in [3.05, 3.63) is 88.9 Å². The van der Waals surface area contributed by atoms with Crippen LogP contribution in [0.1, 0.15) is 12.0 Å². The van der Waals surface area contributed by atoms with Crippen molar-refractivity contribution in [2.24, 2.45) is 0 Å². The smallest absolute Gasteiger partial charge is 0.252 e. The van der Waals surface area contributed by atoms with Gasteiger partial charge in [-0.3, -0.25) is 14.6 Å². The Labute approximate surface area is 192 Å². The van der Waals surface area contributed by atoms with Crippen molar-refractivity contribution in [1.82, 2.24) is 9.29 Å². The minimum Gasteiger partial charge on any atom is -0.274 e. The number of carbonyl (C=O) groups is 2. The first-order chi connectivity index (χ1) is 15.3. The number of amides is 2. The Bertz CT molecular complexity index is 1250. The number of pyridine rings is 1. The van der Waals surface area contributed by atoms with Crippen molar-refractivity contribution in [2.45, 2.75) is 23.9 Å². The third-order valence-corrected chi connectivity index (χ3v) is 7.43. The van der Waals surface area contributed by atoms with E-state index in [1.165, 1.54) is 30.5 Å². The number of halogens is 2. The van der Waals surface area contributed by atoms with Crippen molar-refractivity contribution in [1.29, 1.82) is 0 Å². The lowest BCUT2D eigenvalue weighted by molar-refractivity contribution is -0.122. The number of rotatable bonds is 6. The number of nitrogens with zero attached hydrogens (tertiary/aromatic N) is 3. The molecular weight excluding hydrogens is 501 g/mol. The van der Waals surface area contributed by atoms with Gasteiger partial charge < -0.3 is 0 Å². The topological polar surface area (TPSA) is 87.6 Å². The summed E-state index contributed by atoms with van der Waals surface area (Å²) in [6.07, 6.45) is 2.73. The van der Waals surface area contributed by atoms with Crippen LogP contribution in [0.5, 0.6) is 0 Å². The van der Waals surface area contributed by atoms with Crippen molar-refractivity contribution in [3.63, 3.8) is 0 Å². The summed E-state index contributed by atoms with van der Waals surface area (Å²) in [5.41, 5.74) is 0.750. The predicted molar refractivity (Wildman–Crippen MR) is 118 cm³/mol. The van der Waals surface area contributed by atoms with Crippen LogP contribution in [0.2, 0.25) is 0 Å². The molecule has 10 heteroatoms. The fourth-order valence-electron chi connectivity index (χ4n) is 3.48. The summed E-state index contributed by atoms with van der Waals surface area (Å²) < 4.78 is 42.1. The average Bonchev–Trinajstić information content (AvgIpc) is 3.07. The highest BCUT2D eigenvalue weighted by Crippen LogP contribution is 2.31. The average molecular weight is 518 g/mol. The monoisotopic (exact) mass is 517 g/mol. The normalized spacial score (nSPS) is 16.7. The van der Waals surface area contributed by atoms with Crippen molar-refractivity contribution in [2.75, 3.05) is 4.90 Å². The summed E-state index contributed by atoms with van der Waals surface area (Å²) in [7, 11) is -4.14. The molecule has 1 aliphatic rings. The van der Waals surface area contributed by atoms with E-state index in [0.29, 0.717) is 10.0 Å². The largest absolute Gasteiger partial charge is 0.274 e. The fraction of sp³-hybridized carbons (Fsp3) is 0.136. The van der Waals surface area contributed by atoms with Crippen LogP contribution in [0.4, 0.5) is 10.1 Å². The molecule has 2 heterocycles. The van der Waals surface area contributed by atoms with Gasteiger partial charge in [-0.25, -0.2) is 17.7 Å². The van der Waals surface area contributed by atoms with Crippen LogP contribution in [-0.4, -0.2) is 35.6 Å². The second-order valence-electron chi connectivity index (χ2n) is 7.13. The number of imide groups is 1. The lowest BCUT2D eigenvalue weighted by Crippen LogP contribution is -2.45. The van der Waals surface area contributed by atoms with E-state index in [4.69, 9.17) is 0 Å². The maximum atomic E-state index is 13.5.